The lowest BCUT2D eigenvalue weighted by molar-refractivity contribution is 0.827. The first-order chi connectivity index (χ1) is 12.9. The Balaban J connectivity index is 1.91. The van der Waals surface area contributed by atoms with Gasteiger partial charge in [0.15, 0.2) is 0 Å². The molecule has 5 aromatic rings. The van der Waals surface area contributed by atoms with Gasteiger partial charge in [-0.2, -0.15) is 0 Å². The summed E-state index contributed by atoms with van der Waals surface area (Å²) in [5, 5.41) is 5.54. The molecule has 4 aromatic carbocycles. The van der Waals surface area contributed by atoms with Crippen LogP contribution in [0.2, 0.25) is 0 Å². The van der Waals surface area contributed by atoms with Crippen molar-refractivity contribution in [3.05, 3.63) is 83.9 Å². The fourth-order valence-electron chi connectivity index (χ4n) is 4.92. The molecule has 1 heterocycles. The highest BCUT2D eigenvalue weighted by molar-refractivity contribution is 6.25. The average molecular weight is 333 g/mol. The highest BCUT2D eigenvalue weighted by Gasteiger charge is 2.23. The number of rotatable bonds is 1. The van der Waals surface area contributed by atoms with Gasteiger partial charge >= 0.3 is 0 Å². The number of para-hydroxylation sites is 1. The molecule has 1 nitrogen and oxygen atoms in total. The monoisotopic (exact) mass is 333 g/mol. The van der Waals surface area contributed by atoms with Crippen LogP contribution >= 0.6 is 0 Å². The van der Waals surface area contributed by atoms with Gasteiger partial charge in [0, 0.05) is 28.4 Å². The van der Waals surface area contributed by atoms with Crippen LogP contribution in [0.5, 0.6) is 0 Å². The smallest absolute Gasteiger partial charge is 0.0498 e. The SMILES string of the molecule is CCn1c2ccccc2c2c3c4c(ccc3ccc21)Cc1ccccc1-4. The van der Waals surface area contributed by atoms with Crippen molar-refractivity contribution < 1.29 is 0 Å². The van der Waals surface area contributed by atoms with Crippen LogP contribution in [0.25, 0.3) is 43.7 Å². The van der Waals surface area contributed by atoms with E-state index < -0.39 is 0 Å². The minimum absolute atomic E-state index is 0.987. The van der Waals surface area contributed by atoms with E-state index in [4.69, 9.17) is 0 Å². The molecule has 0 atom stereocenters. The second-order valence-corrected chi connectivity index (χ2v) is 7.25. The average Bonchev–Trinajstić information content (AvgIpc) is 3.23. The van der Waals surface area contributed by atoms with Crippen molar-refractivity contribution >= 4 is 32.6 Å². The van der Waals surface area contributed by atoms with Gasteiger partial charge in [0.2, 0.25) is 0 Å². The van der Waals surface area contributed by atoms with Crippen LogP contribution in [0.4, 0.5) is 0 Å². The maximum Gasteiger partial charge on any atom is 0.0498 e. The first kappa shape index (κ1) is 14.1. The summed E-state index contributed by atoms with van der Waals surface area (Å²) in [6.45, 7) is 3.22. The van der Waals surface area contributed by atoms with Crippen molar-refractivity contribution in [2.75, 3.05) is 0 Å². The molecule has 0 aliphatic heterocycles. The quantitative estimate of drug-likeness (QED) is 0.322. The summed E-state index contributed by atoms with van der Waals surface area (Å²) in [6.07, 6.45) is 1.05. The molecule has 1 aliphatic carbocycles. The van der Waals surface area contributed by atoms with Crippen molar-refractivity contribution in [3.63, 3.8) is 0 Å². The first-order valence-electron chi connectivity index (χ1n) is 9.40. The normalized spacial score (nSPS) is 12.8. The third-order valence-corrected chi connectivity index (χ3v) is 5.99. The third-order valence-electron chi connectivity index (χ3n) is 5.99. The molecule has 1 aliphatic rings. The molecular formula is C25H19N. The second kappa shape index (κ2) is 4.98. The second-order valence-electron chi connectivity index (χ2n) is 7.25. The number of nitrogens with zero attached hydrogens (tertiary/aromatic N) is 1. The van der Waals surface area contributed by atoms with Gasteiger partial charge in [-0.1, -0.05) is 60.7 Å². The third kappa shape index (κ3) is 1.65. The first-order valence-corrected chi connectivity index (χ1v) is 9.40. The Morgan fingerprint density at radius 1 is 0.731 bits per heavy atom. The van der Waals surface area contributed by atoms with Crippen molar-refractivity contribution in [2.45, 2.75) is 19.9 Å². The Morgan fingerprint density at radius 3 is 2.46 bits per heavy atom. The molecular weight excluding hydrogens is 314 g/mol. The zero-order chi connectivity index (χ0) is 17.3. The van der Waals surface area contributed by atoms with E-state index in [2.05, 4.69) is 84.3 Å². The highest BCUT2D eigenvalue weighted by atomic mass is 15.0. The molecule has 26 heavy (non-hydrogen) atoms. The topological polar surface area (TPSA) is 4.93 Å². The number of hydrogen-bond acceptors (Lipinski definition) is 0. The number of hydrogen-bond donors (Lipinski definition) is 0. The molecule has 0 amide bonds. The molecule has 1 heteroatoms. The van der Waals surface area contributed by atoms with Crippen LogP contribution in [0, 0.1) is 0 Å². The summed E-state index contributed by atoms with van der Waals surface area (Å²) >= 11 is 0. The van der Waals surface area contributed by atoms with E-state index in [0.29, 0.717) is 0 Å². The minimum Gasteiger partial charge on any atom is -0.341 e. The van der Waals surface area contributed by atoms with E-state index in [1.807, 2.05) is 0 Å². The van der Waals surface area contributed by atoms with Gasteiger partial charge in [-0.15, -0.1) is 0 Å². The summed E-state index contributed by atoms with van der Waals surface area (Å²) in [5.41, 5.74) is 8.45. The maximum absolute atomic E-state index is 2.45. The number of aromatic nitrogens is 1. The minimum atomic E-state index is 0.987. The van der Waals surface area contributed by atoms with E-state index in [-0.39, 0.29) is 0 Å². The van der Waals surface area contributed by atoms with Crippen LogP contribution in [-0.4, -0.2) is 4.57 Å². The van der Waals surface area contributed by atoms with Crippen molar-refractivity contribution in [1.82, 2.24) is 4.57 Å². The molecule has 0 bridgehead atoms. The lowest BCUT2D eigenvalue weighted by atomic mass is 9.94. The van der Waals surface area contributed by atoms with E-state index >= 15 is 0 Å². The zero-order valence-corrected chi connectivity index (χ0v) is 14.8. The lowest BCUT2D eigenvalue weighted by Crippen LogP contribution is -1.92. The van der Waals surface area contributed by atoms with E-state index in [0.717, 1.165) is 13.0 Å². The summed E-state index contributed by atoms with van der Waals surface area (Å²) in [4.78, 5) is 0. The molecule has 124 valence electrons. The van der Waals surface area contributed by atoms with Gasteiger partial charge in [-0.3, -0.25) is 0 Å². The molecule has 6 rings (SSSR count). The standard InChI is InChI=1S/C25H19N/c1-2-26-21-10-6-5-9-20(21)25-22(26)14-13-16-11-12-18-15-17-7-3-4-8-19(17)23(18)24(16)25/h3-14H,2,15H2,1H3. The number of aryl methyl sites for hydroxylation is 1. The Bertz CT molecular complexity index is 1340. The van der Waals surface area contributed by atoms with Crippen LogP contribution in [-0.2, 0) is 13.0 Å². The lowest BCUT2D eigenvalue weighted by Gasteiger charge is -2.10. The Hall–Kier alpha value is -3.06. The Morgan fingerprint density at radius 2 is 1.54 bits per heavy atom. The Labute approximate surface area is 152 Å². The summed E-state index contributed by atoms with van der Waals surface area (Å²) < 4.78 is 2.45. The molecule has 0 spiro atoms. The van der Waals surface area contributed by atoms with Crippen molar-refractivity contribution in [2.24, 2.45) is 0 Å². The van der Waals surface area contributed by atoms with E-state index in [1.165, 1.54) is 54.8 Å². The van der Waals surface area contributed by atoms with Crippen LogP contribution in [0.3, 0.4) is 0 Å². The van der Waals surface area contributed by atoms with Crippen LogP contribution < -0.4 is 0 Å². The summed E-state index contributed by atoms with van der Waals surface area (Å²) in [7, 11) is 0. The largest absolute Gasteiger partial charge is 0.341 e. The predicted octanol–water partition coefficient (Wildman–Crippen LogP) is 6.54. The fourth-order valence-corrected chi connectivity index (χ4v) is 4.92. The van der Waals surface area contributed by atoms with Crippen molar-refractivity contribution in [3.8, 4) is 11.1 Å². The van der Waals surface area contributed by atoms with Crippen LogP contribution in [0.1, 0.15) is 18.1 Å². The fraction of sp³-hybridized carbons (Fsp3) is 0.120. The van der Waals surface area contributed by atoms with Gasteiger partial charge in [0.1, 0.15) is 0 Å². The molecule has 0 saturated heterocycles. The van der Waals surface area contributed by atoms with Crippen LogP contribution in [0.15, 0.2) is 72.8 Å². The van der Waals surface area contributed by atoms with Crippen molar-refractivity contribution in [1.29, 1.82) is 0 Å². The molecule has 0 radical (unpaired) electrons. The highest BCUT2D eigenvalue weighted by Crippen LogP contribution is 2.45. The molecule has 0 N–H and O–H groups in total. The number of fused-ring (bicyclic) bond motifs is 9. The Kier molecular flexibility index (Phi) is 2.71. The zero-order valence-electron chi connectivity index (χ0n) is 14.8. The van der Waals surface area contributed by atoms with Gasteiger partial charge in [-0.25, -0.2) is 0 Å². The molecule has 0 fully saturated rings. The van der Waals surface area contributed by atoms with Gasteiger partial charge in [0.25, 0.3) is 0 Å². The maximum atomic E-state index is 2.45. The molecule has 1 aromatic heterocycles. The predicted molar refractivity (Wildman–Crippen MR) is 111 cm³/mol. The van der Waals surface area contributed by atoms with E-state index in [1.54, 1.807) is 0 Å². The molecule has 0 unspecified atom stereocenters. The van der Waals surface area contributed by atoms with Gasteiger partial charge in [-0.05, 0) is 58.5 Å². The van der Waals surface area contributed by atoms with E-state index in [9.17, 15) is 0 Å². The summed E-state index contributed by atoms with van der Waals surface area (Å²) in [6, 6.07) is 27.0. The number of benzene rings is 4. The summed E-state index contributed by atoms with van der Waals surface area (Å²) in [5.74, 6) is 0. The molecule has 0 saturated carbocycles. The van der Waals surface area contributed by atoms with Gasteiger partial charge < -0.3 is 4.57 Å². The van der Waals surface area contributed by atoms with Gasteiger partial charge in [0.05, 0.1) is 0 Å².